The minimum absolute atomic E-state index is 0.0638. The zero-order valence-corrected chi connectivity index (χ0v) is 18.5. The number of halogens is 2. The van der Waals surface area contributed by atoms with Gasteiger partial charge in [-0.2, -0.15) is 0 Å². The van der Waals surface area contributed by atoms with Crippen molar-refractivity contribution in [2.45, 2.75) is 38.8 Å². The Kier molecular flexibility index (Phi) is 5.69. The van der Waals surface area contributed by atoms with E-state index in [-0.39, 0.29) is 5.56 Å². The summed E-state index contributed by atoms with van der Waals surface area (Å²) in [4.78, 5) is 27.2. The van der Waals surface area contributed by atoms with Gasteiger partial charge in [-0.15, -0.1) is 0 Å². The number of hydrogen-bond donors (Lipinski definition) is 1. The molecule has 2 aromatic heterocycles. The van der Waals surface area contributed by atoms with Gasteiger partial charge in [0.1, 0.15) is 11.5 Å². The number of aromatic nitrogens is 2. The molecule has 0 spiro atoms. The number of nitrogens with one attached hydrogen (secondary N) is 1. The van der Waals surface area contributed by atoms with Gasteiger partial charge in [0.15, 0.2) is 5.82 Å². The van der Waals surface area contributed by atoms with E-state index in [1.807, 2.05) is 18.2 Å². The van der Waals surface area contributed by atoms with Gasteiger partial charge in [0, 0.05) is 36.6 Å². The SMILES string of the molecule is O=c1[nH]c(C2=NCCCC2)nc2c1CN(Cc1ccc(-c3ccc(Cl)cc3Cl)o1)CC2. The van der Waals surface area contributed by atoms with Crippen molar-refractivity contribution in [1.29, 1.82) is 0 Å². The van der Waals surface area contributed by atoms with Gasteiger partial charge in [-0.25, -0.2) is 4.98 Å². The molecule has 2 aliphatic heterocycles. The third-order valence-electron chi connectivity index (χ3n) is 5.78. The molecule has 0 saturated heterocycles. The third-order valence-corrected chi connectivity index (χ3v) is 6.33. The van der Waals surface area contributed by atoms with E-state index >= 15 is 0 Å². The summed E-state index contributed by atoms with van der Waals surface area (Å²) in [6.07, 6.45) is 3.81. The zero-order chi connectivity index (χ0) is 21.4. The van der Waals surface area contributed by atoms with Gasteiger partial charge in [-0.05, 0) is 49.6 Å². The number of aromatic amines is 1. The first kappa shape index (κ1) is 20.5. The summed E-state index contributed by atoms with van der Waals surface area (Å²) in [5.41, 5.74) is 3.29. The molecule has 0 amide bonds. The number of hydrogen-bond acceptors (Lipinski definition) is 5. The first-order chi connectivity index (χ1) is 15.1. The van der Waals surface area contributed by atoms with Gasteiger partial charge >= 0.3 is 0 Å². The van der Waals surface area contributed by atoms with Crippen LogP contribution in [0.3, 0.4) is 0 Å². The Hall–Kier alpha value is -2.41. The third kappa shape index (κ3) is 4.33. The monoisotopic (exact) mass is 456 g/mol. The maximum absolute atomic E-state index is 12.8. The maximum Gasteiger partial charge on any atom is 0.255 e. The van der Waals surface area contributed by atoms with Gasteiger partial charge in [0.05, 0.1) is 28.5 Å². The average molecular weight is 457 g/mol. The van der Waals surface area contributed by atoms with Crippen molar-refractivity contribution >= 4 is 28.9 Å². The zero-order valence-electron chi connectivity index (χ0n) is 17.0. The molecule has 0 aliphatic carbocycles. The highest BCUT2D eigenvalue weighted by atomic mass is 35.5. The molecule has 6 nitrogen and oxygen atoms in total. The molecule has 0 bridgehead atoms. The number of aliphatic imine (C=N–C) groups is 1. The number of benzene rings is 1. The van der Waals surface area contributed by atoms with Crippen LogP contribution in [-0.4, -0.2) is 33.7 Å². The van der Waals surface area contributed by atoms with Crippen molar-refractivity contribution in [3.8, 4) is 11.3 Å². The predicted octanol–water partition coefficient (Wildman–Crippen LogP) is 4.87. The fourth-order valence-corrected chi connectivity index (χ4v) is 4.66. The summed E-state index contributed by atoms with van der Waals surface area (Å²) in [6.45, 7) is 2.78. The van der Waals surface area contributed by atoms with Crippen LogP contribution in [0.15, 0.2) is 44.5 Å². The topological polar surface area (TPSA) is 74.5 Å². The quantitative estimate of drug-likeness (QED) is 0.607. The van der Waals surface area contributed by atoms with E-state index in [2.05, 4.69) is 14.9 Å². The lowest BCUT2D eigenvalue weighted by molar-refractivity contribution is 0.223. The minimum Gasteiger partial charge on any atom is -0.460 e. The summed E-state index contributed by atoms with van der Waals surface area (Å²) in [7, 11) is 0. The van der Waals surface area contributed by atoms with Crippen LogP contribution in [0.2, 0.25) is 10.0 Å². The van der Waals surface area contributed by atoms with E-state index < -0.39 is 0 Å². The summed E-state index contributed by atoms with van der Waals surface area (Å²) in [5, 5.41) is 1.14. The summed E-state index contributed by atoms with van der Waals surface area (Å²) in [6, 6.07) is 9.20. The van der Waals surface area contributed by atoms with E-state index in [4.69, 9.17) is 32.6 Å². The normalized spacial score (nSPS) is 16.8. The molecule has 0 atom stereocenters. The van der Waals surface area contributed by atoms with Crippen LogP contribution >= 0.6 is 23.2 Å². The number of rotatable bonds is 4. The highest BCUT2D eigenvalue weighted by molar-refractivity contribution is 6.36. The van der Waals surface area contributed by atoms with Crippen molar-refractivity contribution in [3.05, 3.63) is 73.6 Å². The van der Waals surface area contributed by atoms with Gasteiger partial charge in [0.25, 0.3) is 5.56 Å². The van der Waals surface area contributed by atoms with Crippen molar-refractivity contribution in [1.82, 2.24) is 14.9 Å². The highest BCUT2D eigenvalue weighted by Crippen LogP contribution is 2.32. The fourth-order valence-electron chi connectivity index (χ4n) is 4.16. The van der Waals surface area contributed by atoms with E-state index in [1.54, 1.807) is 12.1 Å². The highest BCUT2D eigenvalue weighted by Gasteiger charge is 2.23. The fraction of sp³-hybridized carbons (Fsp3) is 0.348. The lowest BCUT2D eigenvalue weighted by Gasteiger charge is -2.27. The predicted molar refractivity (Wildman–Crippen MR) is 122 cm³/mol. The molecular weight excluding hydrogens is 435 g/mol. The number of H-pyrrole nitrogens is 1. The Bertz CT molecular complexity index is 1210. The van der Waals surface area contributed by atoms with Crippen LogP contribution in [0.4, 0.5) is 0 Å². The van der Waals surface area contributed by atoms with Crippen LogP contribution < -0.4 is 5.56 Å². The number of nitrogens with zero attached hydrogens (tertiary/aromatic N) is 3. The Morgan fingerprint density at radius 2 is 2.03 bits per heavy atom. The molecule has 0 radical (unpaired) electrons. The summed E-state index contributed by atoms with van der Waals surface area (Å²) in [5.74, 6) is 2.17. The molecule has 2 aliphatic rings. The van der Waals surface area contributed by atoms with Gasteiger partial charge in [0.2, 0.25) is 0 Å². The van der Waals surface area contributed by atoms with E-state index in [1.165, 1.54) is 0 Å². The lowest BCUT2D eigenvalue weighted by atomic mass is 10.1. The van der Waals surface area contributed by atoms with Crippen LogP contribution in [0, 0.1) is 0 Å². The number of fused-ring (bicyclic) bond motifs is 1. The molecule has 8 heteroatoms. The van der Waals surface area contributed by atoms with Crippen molar-refractivity contribution in [2.75, 3.05) is 13.1 Å². The molecule has 0 saturated carbocycles. The van der Waals surface area contributed by atoms with Crippen molar-refractivity contribution in [3.63, 3.8) is 0 Å². The molecule has 4 heterocycles. The van der Waals surface area contributed by atoms with E-state index in [0.29, 0.717) is 34.7 Å². The average Bonchev–Trinajstić information content (AvgIpc) is 3.22. The lowest BCUT2D eigenvalue weighted by Crippen LogP contribution is -2.36. The van der Waals surface area contributed by atoms with Crippen molar-refractivity contribution < 1.29 is 4.42 Å². The number of furan rings is 1. The Morgan fingerprint density at radius 3 is 2.84 bits per heavy atom. The van der Waals surface area contributed by atoms with Gasteiger partial charge in [-0.1, -0.05) is 23.2 Å². The van der Waals surface area contributed by atoms with Crippen LogP contribution in [-0.2, 0) is 19.5 Å². The van der Waals surface area contributed by atoms with Crippen LogP contribution in [0.25, 0.3) is 11.3 Å². The van der Waals surface area contributed by atoms with Gasteiger partial charge in [-0.3, -0.25) is 14.7 Å². The molecule has 5 rings (SSSR count). The van der Waals surface area contributed by atoms with E-state index in [0.717, 1.165) is 67.1 Å². The molecule has 1 N–H and O–H groups in total. The smallest absolute Gasteiger partial charge is 0.255 e. The summed E-state index contributed by atoms with van der Waals surface area (Å²) >= 11 is 12.3. The molecule has 0 fully saturated rings. The first-order valence-corrected chi connectivity index (χ1v) is 11.2. The molecule has 3 aromatic rings. The van der Waals surface area contributed by atoms with Crippen LogP contribution in [0.1, 0.15) is 42.1 Å². The standard InChI is InChI=1S/C23H22Cl2N4O2/c24-14-4-6-16(18(25)11-14)21-7-5-15(31-21)12-29-10-8-19-17(13-29)23(30)28-22(27-19)20-3-1-2-9-26-20/h4-7,11H,1-3,8-10,12-13H2,(H,27,28,30). The second kappa shape index (κ2) is 8.61. The largest absolute Gasteiger partial charge is 0.460 e. The summed E-state index contributed by atoms with van der Waals surface area (Å²) < 4.78 is 6.02. The van der Waals surface area contributed by atoms with Crippen LogP contribution in [0.5, 0.6) is 0 Å². The first-order valence-electron chi connectivity index (χ1n) is 10.5. The molecule has 31 heavy (non-hydrogen) atoms. The van der Waals surface area contributed by atoms with E-state index in [9.17, 15) is 4.79 Å². The molecule has 160 valence electrons. The second-order valence-corrected chi connectivity index (χ2v) is 8.82. The Labute approximate surface area is 189 Å². The minimum atomic E-state index is -0.0638. The molecule has 1 aromatic carbocycles. The van der Waals surface area contributed by atoms with Gasteiger partial charge < -0.3 is 9.40 Å². The molecular formula is C23H22Cl2N4O2. The Balaban J connectivity index is 1.32. The second-order valence-electron chi connectivity index (χ2n) is 7.98. The molecule has 0 unspecified atom stereocenters. The Morgan fingerprint density at radius 1 is 1.13 bits per heavy atom. The van der Waals surface area contributed by atoms with Crippen molar-refractivity contribution in [2.24, 2.45) is 4.99 Å². The maximum atomic E-state index is 12.8.